The molecule has 286 valence electrons. The van der Waals surface area contributed by atoms with Crippen LogP contribution in [0.2, 0.25) is 0 Å². The Labute approximate surface area is 352 Å². The van der Waals surface area contributed by atoms with Gasteiger partial charge in [0.2, 0.25) is 0 Å². The fourth-order valence-corrected chi connectivity index (χ4v) is 9.77. The van der Waals surface area contributed by atoms with Gasteiger partial charge in [0.05, 0.1) is 0 Å². The zero-order valence-corrected chi connectivity index (χ0v) is 33.4. The molecule has 0 unspecified atom stereocenters. The van der Waals surface area contributed by atoms with E-state index in [0.29, 0.717) is 17.5 Å². The maximum Gasteiger partial charge on any atom is 0.164 e. The molecule has 2 aliphatic carbocycles. The van der Waals surface area contributed by atoms with E-state index in [4.69, 9.17) is 15.0 Å². The molecular formula is C57H43N3. The second-order valence-corrected chi connectivity index (χ2v) is 16.3. The molecule has 0 N–H and O–H groups in total. The minimum Gasteiger partial charge on any atom is -0.208 e. The van der Waals surface area contributed by atoms with E-state index in [0.717, 1.165) is 33.4 Å². The summed E-state index contributed by atoms with van der Waals surface area (Å²) in [5.74, 6) is 1.94. The number of rotatable bonds is 7. The smallest absolute Gasteiger partial charge is 0.164 e. The van der Waals surface area contributed by atoms with Gasteiger partial charge in [0, 0.05) is 22.1 Å². The predicted molar refractivity (Wildman–Crippen MR) is 247 cm³/mol. The summed E-state index contributed by atoms with van der Waals surface area (Å²) in [6.45, 7) is 0. The largest absolute Gasteiger partial charge is 0.208 e. The Morgan fingerprint density at radius 1 is 0.283 bits per heavy atom. The number of fused-ring (bicyclic) bond motifs is 5. The Morgan fingerprint density at radius 3 is 1.32 bits per heavy atom. The average Bonchev–Trinajstić information content (AvgIpc) is 3.60. The minimum atomic E-state index is 0.163. The number of nitrogens with zero attached hydrogens (tertiary/aromatic N) is 3. The lowest BCUT2D eigenvalue weighted by molar-refractivity contribution is 0.353. The zero-order valence-electron chi connectivity index (χ0n) is 33.4. The normalized spacial score (nSPS) is 13.8. The molecule has 3 nitrogen and oxygen atoms in total. The van der Waals surface area contributed by atoms with Crippen molar-refractivity contribution in [2.24, 2.45) is 0 Å². The third-order valence-corrected chi connectivity index (χ3v) is 12.8. The highest BCUT2D eigenvalue weighted by atomic mass is 15.0. The molecule has 1 aromatic heterocycles. The lowest BCUT2D eigenvalue weighted by atomic mass is 9.68. The van der Waals surface area contributed by atoms with Crippen molar-refractivity contribution >= 4 is 0 Å². The average molecular weight is 770 g/mol. The van der Waals surface area contributed by atoms with Crippen LogP contribution in [0.5, 0.6) is 0 Å². The van der Waals surface area contributed by atoms with Crippen molar-refractivity contribution in [2.75, 3.05) is 0 Å². The molecule has 0 radical (unpaired) electrons. The Hall–Kier alpha value is -7.23. The first-order valence-electron chi connectivity index (χ1n) is 21.2. The molecule has 0 saturated heterocycles. The maximum absolute atomic E-state index is 5.05. The van der Waals surface area contributed by atoms with Crippen LogP contribution in [0.3, 0.4) is 0 Å². The van der Waals surface area contributed by atoms with Gasteiger partial charge in [-0.05, 0) is 85.7 Å². The fourth-order valence-electron chi connectivity index (χ4n) is 9.77. The van der Waals surface area contributed by atoms with Gasteiger partial charge < -0.3 is 0 Å². The molecule has 8 aromatic carbocycles. The molecule has 0 aliphatic heterocycles. The van der Waals surface area contributed by atoms with Crippen molar-refractivity contribution in [3.63, 3.8) is 0 Å². The Morgan fingerprint density at radius 2 is 0.683 bits per heavy atom. The highest BCUT2D eigenvalue weighted by molar-refractivity contribution is 5.93. The van der Waals surface area contributed by atoms with Gasteiger partial charge in [0.15, 0.2) is 17.5 Å². The summed E-state index contributed by atoms with van der Waals surface area (Å²) in [5.41, 5.74) is 18.5. The van der Waals surface area contributed by atoms with Crippen molar-refractivity contribution in [1.82, 2.24) is 15.0 Å². The quantitative estimate of drug-likeness (QED) is 0.162. The molecule has 1 heterocycles. The van der Waals surface area contributed by atoms with Gasteiger partial charge in [0.25, 0.3) is 0 Å². The SMILES string of the molecule is c1ccc(-c2ccc(-c3nc(-c4ccccc4)nc(-c4cccc(-c5ccc(-c6ccc(-c7cccc8c7-c7ccccc7C87CCCCC7)cc6)cc5)c4)n3)cc2)cc1. The number of benzene rings is 8. The van der Waals surface area contributed by atoms with Gasteiger partial charge in [-0.2, -0.15) is 0 Å². The molecule has 3 heteroatoms. The van der Waals surface area contributed by atoms with Crippen LogP contribution in [-0.2, 0) is 5.41 Å². The molecule has 1 saturated carbocycles. The molecule has 11 rings (SSSR count). The van der Waals surface area contributed by atoms with Crippen LogP contribution in [0.1, 0.15) is 43.2 Å². The van der Waals surface area contributed by atoms with Crippen LogP contribution in [0.15, 0.2) is 200 Å². The van der Waals surface area contributed by atoms with Gasteiger partial charge in [-0.15, -0.1) is 0 Å². The molecule has 2 aliphatic rings. The summed E-state index contributed by atoms with van der Waals surface area (Å²) < 4.78 is 0. The minimum absolute atomic E-state index is 0.163. The van der Waals surface area contributed by atoms with E-state index in [9.17, 15) is 0 Å². The van der Waals surface area contributed by atoms with Gasteiger partial charge in [-0.25, -0.2) is 15.0 Å². The van der Waals surface area contributed by atoms with Crippen molar-refractivity contribution in [1.29, 1.82) is 0 Å². The molecule has 9 aromatic rings. The first-order valence-corrected chi connectivity index (χ1v) is 21.2. The van der Waals surface area contributed by atoms with E-state index in [1.807, 2.05) is 36.4 Å². The monoisotopic (exact) mass is 769 g/mol. The standard InChI is InChI=1S/C57H43N3/c1-4-14-39(15-5-1)40-30-34-46(35-31-40)55-58-54(45-16-6-2-7-17-45)59-56(60-55)48-19-12-18-47(38-48)43-26-24-41(25-27-43)42-28-32-44(33-29-42)49-21-13-23-52-53(49)50-20-8-9-22-51(50)57(52)36-10-3-11-37-57/h1-2,4-9,12-35,38H,3,10-11,36-37H2. The van der Waals surface area contributed by atoms with E-state index >= 15 is 0 Å². The van der Waals surface area contributed by atoms with Crippen molar-refractivity contribution in [3.8, 4) is 89.8 Å². The first-order chi connectivity index (χ1) is 29.7. The van der Waals surface area contributed by atoms with Gasteiger partial charge in [-0.3, -0.25) is 0 Å². The van der Waals surface area contributed by atoms with Gasteiger partial charge in [-0.1, -0.05) is 213 Å². The summed E-state index contributed by atoms with van der Waals surface area (Å²) in [6.07, 6.45) is 6.45. The topological polar surface area (TPSA) is 38.7 Å². The Kier molecular flexibility index (Phi) is 9.08. The third-order valence-electron chi connectivity index (χ3n) is 12.8. The lowest BCUT2D eigenvalue weighted by Gasteiger charge is -2.36. The molecule has 0 atom stereocenters. The molecular weight excluding hydrogens is 727 g/mol. The molecule has 1 spiro atoms. The summed E-state index contributed by atoms with van der Waals surface area (Å²) in [4.78, 5) is 15.0. The highest BCUT2D eigenvalue weighted by Gasteiger charge is 2.44. The first kappa shape index (κ1) is 35.9. The number of hydrogen-bond acceptors (Lipinski definition) is 3. The van der Waals surface area contributed by atoms with Crippen LogP contribution < -0.4 is 0 Å². The van der Waals surface area contributed by atoms with Crippen LogP contribution in [0.4, 0.5) is 0 Å². The predicted octanol–water partition coefficient (Wildman–Crippen LogP) is 14.8. The van der Waals surface area contributed by atoms with Crippen molar-refractivity contribution < 1.29 is 0 Å². The second kappa shape index (κ2) is 15.2. The third kappa shape index (κ3) is 6.44. The molecule has 1 fully saturated rings. The molecule has 0 amide bonds. The summed E-state index contributed by atoms with van der Waals surface area (Å²) in [5, 5.41) is 0. The van der Waals surface area contributed by atoms with E-state index in [1.165, 1.54) is 82.2 Å². The lowest BCUT2D eigenvalue weighted by Crippen LogP contribution is -2.27. The van der Waals surface area contributed by atoms with E-state index in [1.54, 1.807) is 0 Å². The number of hydrogen-bond donors (Lipinski definition) is 0. The summed E-state index contributed by atoms with van der Waals surface area (Å²) in [6, 6.07) is 71.8. The van der Waals surface area contributed by atoms with Crippen LogP contribution in [-0.4, -0.2) is 15.0 Å². The summed E-state index contributed by atoms with van der Waals surface area (Å²) >= 11 is 0. The number of aromatic nitrogens is 3. The Bertz CT molecular complexity index is 2960. The van der Waals surface area contributed by atoms with E-state index in [2.05, 4.69) is 164 Å². The maximum atomic E-state index is 5.05. The van der Waals surface area contributed by atoms with Crippen LogP contribution in [0, 0.1) is 0 Å². The highest BCUT2D eigenvalue weighted by Crippen LogP contribution is 2.57. The zero-order chi connectivity index (χ0) is 39.9. The van der Waals surface area contributed by atoms with Crippen molar-refractivity contribution in [3.05, 3.63) is 211 Å². The summed E-state index contributed by atoms with van der Waals surface area (Å²) in [7, 11) is 0. The van der Waals surface area contributed by atoms with Crippen LogP contribution in [0.25, 0.3) is 89.8 Å². The Balaban J connectivity index is 0.882. The second-order valence-electron chi connectivity index (χ2n) is 16.3. The van der Waals surface area contributed by atoms with E-state index in [-0.39, 0.29) is 5.41 Å². The fraction of sp³-hybridized carbons (Fsp3) is 0.105. The van der Waals surface area contributed by atoms with Crippen molar-refractivity contribution in [2.45, 2.75) is 37.5 Å². The van der Waals surface area contributed by atoms with Gasteiger partial charge >= 0.3 is 0 Å². The van der Waals surface area contributed by atoms with Crippen LogP contribution >= 0.6 is 0 Å². The van der Waals surface area contributed by atoms with E-state index < -0.39 is 0 Å². The molecule has 0 bridgehead atoms. The van der Waals surface area contributed by atoms with Gasteiger partial charge in [0.1, 0.15) is 0 Å². The molecule has 60 heavy (non-hydrogen) atoms.